The summed E-state index contributed by atoms with van der Waals surface area (Å²) in [6.45, 7) is 1.74. The van der Waals surface area contributed by atoms with Crippen LogP contribution in [-0.2, 0) is 18.1 Å². The van der Waals surface area contributed by atoms with Gasteiger partial charge in [0.1, 0.15) is 5.76 Å². The number of thioether (sulfide) groups is 1. The van der Waals surface area contributed by atoms with Crippen LogP contribution in [0.25, 0.3) is 0 Å². The van der Waals surface area contributed by atoms with E-state index in [1.165, 1.54) is 23.9 Å². The molecule has 31 heavy (non-hydrogen) atoms. The monoisotopic (exact) mass is 460 g/mol. The number of aryl methyl sites for hydroxylation is 1. The zero-order valence-corrected chi connectivity index (χ0v) is 16.6. The van der Waals surface area contributed by atoms with Gasteiger partial charge in [-0.3, -0.25) is 4.79 Å². The maximum atomic E-state index is 13.0. The molecular weight excluding hydrogens is 446 g/mol. The van der Waals surface area contributed by atoms with Gasteiger partial charge in [0, 0.05) is 16.6 Å². The predicted molar refractivity (Wildman–Crippen MR) is 102 cm³/mol. The van der Waals surface area contributed by atoms with Crippen LogP contribution in [0.3, 0.4) is 0 Å². The molecule has 4 nitrogen and oxygen atoms in total. The van der Waals surface area contributed by atoms with Gasteiger partial charge in [0.2, 0.25) is 0 Å². The van der Waals surface area contributed by atoms with Crippen molar-refractivity contribution in [3.63, 3.8) is 0 Å². The van der Waals surface area contributed by atoms with E-state index in [1.807, 2.05) is 0 Å². The Balaban J connectivity index is 1.86. The molecule has 164 valence electrons. The lowest BCUT2D eigenvalue weighted by Gasteiger charge is -2.15. The maximum Gasteiger partial charge on any atom is 0.416 e. The molecule has 0 atom stereocenters. The summed E-state index contributed by atoms with van der Waals surface area (Å²) in [7, 11) is 0. The molecule has 1 aromatic heterocycles. The lowest BCUT2D eigenvalue weighted by Crippen LogP contribution is -2.16. The number of nitrogens with zero attached hydrogens (tertiary/aromatic N) is 1. The van der Waals surface area contributed by atoms with Crippen LogP contribution in [0.5, 0.6) is 0 Å². The molecule has 0 radical (unpaired) electrons. The number of benzene rings is 2. The second-order valence-corrected chi connectivity index (χ2v) is 7.49. The summed E-state index contributed by atoms with van der Waals surface area (Å²) < 4.78 is 83.2. The third-order valence-electron chi connectivity index (χ3n) is 4.02. The smallest absolute Gasteiger partial charge is 0.360 e. The molecule has 0 fully saturated rings. The van der Waals surface area contributed by atoms with Crippen LogP contribution in [0.15, 0.2) is 57.9 Å². The van der Waals surface area contributed by atoms with Crippen LogP contribution in [0.4, 0.5) is 32.0 Å². The van der Waals surface area contributed by atoms with E-state index in [0.29, 0.717) is 34.2 Å². The number of aromatic nitrogens is 1. The number of halogens is 6. The third kappa shape index (κ3) is 5.81. The first-order valence-electron chi connectivity index (χ1n) is 8.68. The minimum Gasteiger partial charge on any atom is -0.360 e. The van der Waals surface area contributed by atoms with Crippen LogP contribution in [0.1, 0.15) is 32.9 Å². The van der Waals surface area contributed by atoms with E-state index in [1.54, 1.807) is 25.1 Å². The summed E-state index contributed by atoms with van der Waals surface area (Å²) in [5.74, 6) is 0.0297. The van der Waals surface area contributed by atoms with E-state index in [-0.39, 0.29) is 11.6 Å². The number of nitrogens with one attached hydrogen (secondary N) is 1. The third-order valence-corrected chi connectivity index (χ3v) is 5.12. The summed E-state index contributed by atoms with van der Waals surface area (Å²) in [6, 6.07) is 8.83. The molecule has 0 bridgehead atoms. The van der Waals surface area contributed by atoms with Crippen molar-refractivity contribution in [2.45, 2.75) is 29.9 Å². The largest absolute Gasteiger partial charge is 0.416 e. The van der Waals surface area contributed by atoms with Crippen molar-refractivity contribution in [1.29, 1.82) is 0 Å². The van der Waals surface area contributed by atoms with Gasteiger partial charge in [-0.15, -0.1) is 11.8 Å². The Morgan fingerprint density at radius 3 is 2.16 bits per heavy atom. The van der Waals surface area contributed by atoms with Gasteiger partial charge in [-0.2, -0.15) is 26.3 Å². The van der Waals surface area contributed by atoms with Crippen molar-refractivity contribution < 1.29 is 35.7 Å². The van der Waals surface area contributed by atoms with Gasteiger partial charge < -0.3 is 9.84 Å². The van der Waals surface area contributed by atoms with Crippen LogP contribution in [0.2, 0.25) is 0 Å². The first-order chi connectivity index (χ1) is 14.4. The quantitative estimate of drug-likeness (QED) is 0.346. The van der Waals surface area contributed by atoms with Crippen LogP contribution in [-0.4, -0.2) is 11.1 Å². The van der Waals surface area contributed by atoms with Crippen LogP contribution in [0, 0.1) is 6.92 Å². The second-order valence-electron chi connectivity index (χ2n) is 6.47. The van der Waals surface area contributed by atoms with E-state index in [4.69, 9.17) is 4.52 Å². The second kappa shape index (κ2) is 8.66. The number of hydrogen-bond acceptors (Lipinski definition) is 4. The molecule has 1 N–H and O–H groups in total. The molecule has 0 aliphatic carbocycles. The minimum atomic E-state index is -5.01. The normalized spacial score (nSPS) is 12.1. The molecule has 0 spiro atoms. The molecular formula is C20H14F6N2O2S. The van der Waals surface area contributed by atoms with Gasteiger partial charge in [0.05, 0.1) is 28.1 Å². The fourth-order valence-electron chi connectivity index (χ4n) is 2.64. The van der Waals surface area contributed by atoms with E-state index >= 15 is 0 Å². The number of amides is 1. The zero-order valence-electron chi connectivity index (χ0n) is 15.8. The highest BCUT2D eigenvalue weighted by Crippen LogP contribution is 2.38. The van der Waals surface area contributed by atoms with Gasteiger partial charge in [0.15, 0.2) is 0 Å². The SMILES string of the molecule is Cc1cc(CSc2ccccc2C(=O)Nc2cc(C(F)(F)F)cc(C(F)(F)F)c2)on1. The highest BCUT2D eigenvalue weighted by Gasteiger charge is 2.37. The highest BCUT2D eigenvalue weighted by atomic mass is 32.2. The molecule has 3 aromatic rings. The molecule has 11 heteroatoms. The summed E-state index contributed by atoms with van der Waals surface area (Å²) in [5, 5.41) is 5.88. The van der Waals surface area contributed by atoms with Gasteiger partial charge in [-0.1, -0.05) is 17.3 Å². The standard InChI is InChI=1S/C20H14F6N2O2S/c1-11-6-15(30-28-11)10-31-17-5-3-2-4-16(17)18(29)27-14-8-12(19(21,22)23)7-13(9-14)20(24,25)26/h2-9H,10H2,1H3,(H,27,29). The summed E-state index contributed by atoms with van der Waals surface area (Å²) in [6.07, 6.45) is -10.0. The number of carbonyl (C=O) groups excluding carboxylic acids is 1. The fourth-order valence-corrected chi connectivity index (χ4v) is 3.56. The summed E-state index contributed by atoms with van der Waals surface area (Å²) in [5.41, 5.74) is -2.87. The molecule has 2 aromatic carbocycles. The fraction of sp³-hybridized carbons (Fsp3) is 0.200. The minimum absolute atomic E-state index is 0.00115. The van der Waals surface area contributed by atoms with Gasteiger partial charge in [-0.25, -0.2) is 0 Å². The van der Waals surface area contributed by atoms with Crippen molar-refractivity contribution in [1.82, 2.24) is 5.16 Å². The Labute approximate surface area is 176 Å². The number of rotatable bonds is 5. The van der Waals surface area contributed by atoms with Gasteiger partial charge >= 0.3 is 12.4 Å². The molecule has 0 saturated carbocycles. The molecule has 1 heterocycles. The molecule has 0 saturated heterocycles. The van der Waals surface area contributed by atoms with Crippen molar-refractivity contribution >= 4 is 23.4 Å². The lowest BCUT2D eigenvalue weighted by atomic mass is 10.1. The lowest BCUT2D eigenvalue weighted by molar-refractivity contribution is -0.143. The topological polar surface area (TPSA) is 55.1 Å². The van der Waals surface area contributed by atoms with Crippen molar-refractivity contribution in [3.8, 4) is 0 Å². The van der Waals surface area contributed by atoms with Crippen LogP contribution < -0.4 is 5.32 Å². The Morgan fingerprint density at radius 2 is 1.61 bits per heavy atom. The van der Waals surface area contributed by atoms with E-state index in [0.717, 1.165) is 0 Å². The molecule has 0 aliphatic rings. The number of alkyl halides is 6. The molecule has 3 rings (SSSR count). The van der Waals surface area contributed by atoms with Gasteiger partial charge in [0.25, 0.3) is 5.91 Å². The Hall–Kier alpha value is -2.95. The Morgan fingerprint density at radius 1 is 1.00 bits per heavy atom. The number of hydrogen-bond donors (Lipinski definition) is 1. The van der Waals surface area contributed by atoms with Crippen molar-refractivity contribution in [2.24, 2.45) is 0 Å². The zero-order chi connectivity index (χ0) is 22.8. The first kappa shape index (κ1) is 22.7. The summed E-state index contributed by atoms with van der Waals surface area (Å²) >= 11 is 1.21. The van der Waals surface area contributed by atoms with E-state index in [2.05, 4.69) is 10.5 Å². The van der Waals surface area contributed by atoms with Crippen LogP contribution >= 0.6 is 11.8 Å². The average molecular weight is 460 g/mol. The van der Waals surface area contributed by atoms with E-state index in [9.17, 15) is 31.1 Å². The average Bonchev–Trinajstić information content (AvgIpc) is 3.10. The molecule has 0 aliphatic heterocycles. The highest BCUT2D eigenvalue weighted by molar-refractivity contribution is 7.98. The van der Waals surface area contributed by atoms with Crippen molar-refractivity contribution in [2.75, 3.05) is 5.32 Å². The Bertz CT molecular complexity index is 1060. The summed E-state index contributed by atoms with van der Waals surface area (Å²) in [4.78, 5) is 13.1. The molecule has 0 unspecified atom stereocenters. The predicted octanol–water partition coefficient (Wildman–Crippen LogP) is 6.57. The number of anilines is 1. The maximum absolute atomic E-state index is 13.0. The van der Waals surface area contributed by atoms with E-state index < -0.39 is 35.1 Å². The number of carbonyl (C=O) groups is 1. The Kier molecular flexibility index (Phi) is 6.35. The first-order valence-corrected chi connectivity index (χ1v) is 9.67. The van der Waals surface area contributed by atoms with Gasteiger partial charge in [-0.05, 0) is 37.3 Å². The van der Waals surface area contributed by atoms with Crippen molar-refractivity contribution in [3.05, 3.63) is 76.7 Å². The molecule has 1 amide bonds.